The van der Waals surface area contributed by atoms with Crippen molar-refractivity contribution in [3.8, 4) is 0 Å². The van der Waals surface area contributed by atoms with Crippen LogP contribution in [0.1, 0.15) is 23.2 Å². The average molecular weight is 239 g/mol. The van der Waals surface area contributed by atoms with E-state index in [0.29, 0.717) is 10.9 Å². The molecule has 3 nitrogen and oxygen atoms in total. The molecule has 78 valence electrons. The van der Waals surface area contributed by atoms with Gasteiger partial charge in [-0.05, 0) is 30.8 Å². The highest BCUT2D eigenvalue weighted by Crippen LogP contribution is 2.31. The minimum absolute atomic E-state index is 0.0582. The second-order valence-corrected chi connectivity index (χ2v) is 5.14. The standard InChI is InChI=1S/C10H9NO2S2/c1-6-5-14-10(11-6)15-9-4-3-8(13-9)7(2)12/h3-5H,1-2H3. The van der Waals surface area contributed by atoms with Gasteiger partial charge in [-0.1, -0.05) is 0 Å². The number of hydrogen-bond donors (Lipinski definition) is 0. The van der Waals surface area contributed by atoms with Crippen LogP contribution in [0.2, 0.25) is 0 Å². The first-order valence-electron chi connectivity index (χ1n) is 4.36. The normalized spacial score (nSPS) is 10.5. The van der Waals surface area contributed by atoms with E-state index >= 15 is 0 Å². The molecule has 0 atom stereocenters. The van der Waals surface area contributed by atoms with Gasteiger partial charge in [0.05, 0.1) is 0 Å². The van der Waals surface area contributed by atoms with Gasteiger partial charge in [0.2, 0.25) is 0 Å². The van der Waals surface area contributed by atoms with E-state index < -0.39 is 0 Å². The van der Waals surface area contributed by atoms with E-state index in [2.05, 4.69) is 4.98 Å². The molecule has 0 radical (unpaired) electrons. The molecule has 2 rings (SSSR count). The predicted octanol–water partition coefficient (Wildman–Crippen LogP) is 3.40. The molecule has 0 aromatic carbocycles. The van der Waals surface area contributed by atoms with Crippen LogP contribution in [-0.4, -0.2) is 10.8 Å². The fourth-order valence-corrected chi connectivity index (χ4v) is 2.76. The number of furan rings is 1. The van der Waals surface area contributed by atoms with Crippen molar-refractivity contribution < 1.29 is 9.21 Å². The molecule has 2 aromatic rings. The number of ketones is 1. The Balaban J connectivity index is 2.14. The number of aryl methyl sites for hydroxylation is 1. The minimum Gasteiger partial charge on any atom is -0.446 e. The van der Waals surface area contributed by atoms with Gasteiger partial charge in [0, 0.05) is 18.0 Å². The third-order valence-corrected chi connectivity index (χ3v) is 3.69. The zero-order valence-electron chi connectivity index (χ0n) is 8.31. The minimum atomic E-state index is -0.0582. The van der Waals surface area contributed by atoms with E-state index in [1.54, 1.807) is 23.5 Å². The smallest absolute Gasteiger partial charge is 0.194 e. The summed E-state index contributed by atoms with van der Waals surface area (Å²) in [6, 6.07) is 3.48. The highest BCUT2D eigenvalue weighted by Gasteiger charge is 2.09. The van der Waals surface area contributed by atoms with Crippen LogP contribution in [0.4, 0.5) is 0 Å². The van der Waals surface area contributed by atoms with E-state index in [-0.39, 0.29) is 5.78 Å². The highest BCUT2D eigenvalue weighted by atomic mass is 32.2. The average Bonchev–Trinajstić information content (AvgIpc) is 2.76. The summed E-state index contributed by atoms with van der Waals surface area (Å²) in [6.45, 7) is 3.44. The van der Waals surface area contributed by atoms with Gasteiger partial charge in [-0.2, -0.15) is 0 Å². The van der Waals surface area contributed by atoms with Gasteiger partial charge in [-0.25, -0.2) is 4.98 Å². The lowest BCUT2D eigenvalue weighted by molar-refractivity contribution is 0.0982. The number of aromatic nitrogens is 1. The van der Waals surface area contributed by atoms with Crippen molar-refractivity contribution >= 4 is 28.9 Å². The molecule has 0 bridgehead atoms. The molecule has 5 heteroatoms. The molecule has 0 aliphatic carbocycles. The Labute approximate surface area is 95.5 Å². The fraction of sp³-hybridized carbons (Fsp3) is 0.200. The van der Waals surface area contributed by atoms with E-state index in [0.717, 1.165) is 10.0 Å². The molecule has 0 fully saturated rings. The van der Waals surface area contributed by atoms with Crippen molar-refractivity contribution in [3.05, 3.63) is 29.0 Å². The summed E-state index contributed by atoms with van der Waals surface area (Å²) in [5.74, 6) is 0.336. The maximum Gasteiger partial charge on any atom is 0.194 e. The molecule has 0 amide bonds. The van der Waals surface area contributed by atoms with Gasteiger partial charge in [0.25, 0.3) is 0 Å². The summed E-state index contributed by atoms with van der Waals surface area (Å²) < 4.78 is 6.27. The van der Waals surface area contributed by atoms with Gasteiger partial charge < -0.3 is 4.42 Å². The summed E-state index contributed by atoms with van der Waals surface area (Å²) in [6.07, 6.45) is 0. The number of thiazole rings is 1. The SMILES string of the molecule is CC(=O)c1ccc(Sc2nc(C)cs2)o1. The summed E-state index contributed by atoms with van der Waals surface area (Å²) in [5.41, 5.74) is 1.00. The van der Waals surface area contributed by atoms with Gasteiger partial charge in [0.15, 0.2) is 21.0 Å². The van der Waals surface area contributed by atoms with Crippen LogP contribution in [-0.2, 0) is 0 Å². The molecule has 2 aromatic heterocycles. The zero-order chi connectivity index (χ0) is 10.8. The van der Waals surface area contributed by atoms with E-state index in [1.165, 1.54) is 18.7 Å². The summed E-state index contributed by atoms with van der Waals surface area (Å²) in [7, 11) is 0. The Bertz CT molecular complexity index is 487. The molecule has 0 aliphatic heterocycles. The lowest BCUT2D eigenvalue weighted by Gasteiger charge is -1.90. The summed E-state index contributed by atoms with van der Waals surface area (Å²) in [4.78, 5) is 15.3. The number of carbonyl (C=O) groups excluding carboxylic acids is 1. The Morgan fingerprint density at radius 2 is 2.33 bits per heavy atom. The lowest BCUT2D eigenvalue weighted by Crippen LogP contribution is -1.85. The number of rotatable bonds is 3. The van der Waals surface area contributed by atoms with Crippen molar-refractivity contribution in [2.75, 3.05) is 0 Å². The van der Waals surface area contributed by atoms with Crippen molar-refractivity contribution in [1.29, 1.82) is 0 Å². The third kappa shape index (κ3) is 2.49. The van der Waals surface area contributed by atoms with Crippen LogP contribution < -0.4 is 0 Å². The highest BCUT2D eigenvalue weighted by molar-refractivity contribution is 8.00. The Kier molecular flexibility index (Phi) is 2.93. The fourth-order valence-electron chi connectivity index (χ4n) is 1.03. The van der Waals surface area contributed by atoms with Crippen molar-refractivity contribution in [2.45, 2.75) is 23.3 Å². The predicted molar refractivity (Wildman–Crippen MR) is 59.7 cm³/mol. The first-order valence-corrected chi connectivity index (χ1v) is 6.05. The van der Waals surface area contributed by atoms with Crippen molar-refractivity contribution in [2.24, 2.45) is 0 Å². The number of hydrogen-bond acceptors (Lipinski definition) is 5. The van der Waals surface area contributed by atoms with Gasteiger partial charge in [-0.3, -0.25) is 4.79 Å². The lowest BCUT2D eigenvalue weighted by atomic mass is 10.3. The van der Waals surface area contributed by atoms with Gasteiger partial charge >= 0.3 is 0 Å². The first-order chi connectivity index (χ1) is 7.15. The molecule has 0 saturated carbocycles. The molecular weight excluding hydrogens is 230 g/mol. The summed E-state index contributed by atoms with van der Waals surface area (Å²) >= 11 is 3.00. The van der Waals surface area contributed by atoms with Crippen molar-refractivity contribution in [3.63, 3.8) is 0 Å². The van der Waals surface area contributed by atoms with Crippen LogP contribution in [0.5, 0.6) is 0 Å². The zero-order valence-corrected chi connectivity index (χ0v) is 9.95. The monoisotopic (exact) mass is 239 g/mol. The largest absolute Gasteiger partial charge is 0.446 e. The van der Waals surface area contributed by atoms with Crippen molar-refractivity contribution in [1.82, 2.24) is 4.98 Å². The molecule has 2 heterocycles. The maximum atomic E-state index is 11.0. The molecule has 0 spiro atoms. The quantitative estimate of drug-likeness (QED) is 0.770. The molecule has 0 unspecified atom stereocenters. The topological polar surface area (TPSA) is 43.1 Å². The molecule has 0 aliphatic rings. The Hall–Kier alpha value is -1.07. The van der Waals surface area contributed by atoms with Gasteiger partial charge in [-0.15, -0.1) is 11.3 Å². The van der Waals surface area contributed by atoms with Crippen LogP contribution in [0.15, 0.2) is 31.4 Å². The molecule has 0 saturated heterocycles. The second kappa shape index (κ2) is 4.20. The van der Waals surface area contributed by atoms with Crippen LogP contribution in [0, 0.1) is 6.92 Å². The third-order valence-electron chi connectivity index (χ3n) is 1.71. The second-order valence-electron chi connectivity index (χ2n) is 3.03. The van der Waals surface area contributed by atoms with E-state index in [4.69, 9.17) is 4.42 Å². The van der Waals surface area contributed by atoms with E-state index in [9.17, 15) is 4.79 Å². The molecule has 0 N–H and O–H groups in total. The number of nitrogens with zero attached hydrogens (tertiary/aromatic N) is 1. The molecule has 15 heavy (non-hydrogen) atoms. The summed E-state index contributed by atoms with van der Waals surface area (Å²) in [5, 5.41) is 2.69. The Morgan fingerprint density at radius 3 is 2.87 bits per heavy atom. The van der Waals surface area contributed by atoms with Crippen LogP contribution in [0.25, 0.3) is 0 Å². The van der Waals surface area contributed by atoms with Crippen LogP contribution in [0.3, 0.4) is 0 Å². The van der Waals surface area contributed by atoms with Crippen LogP contribution >= 0.6 is 23.1 Å². The maximum absolute atomic E-state index is 11.0. The van der Waals surface area contributed by atoms with Gasteiger partial charge in [0.1, 0.15) is 0 Å². The van der Waals surface area contributed by atoms with E-state index in [1.807, 2.05) is 12.3 Å². The Morgan fingerprint density at radius 1 is 1.53 bits per heavy atom. The number of carbonyl (C=O) groups is 1. The molecular formula is C10H9NO2S2. The number of Topliss-reactive ketones (excluding diaryl/α,β-unsaturated/α-hetero) is 1. The first kappa shape index (κ1) is 10.4.